The summed E-state index contributed by atoms with van der Waals surface area (Å²) >= 11 is 0. The molecule has 2 aliphatic rings. The molecule has 8 nitrogen and oxygen atoms in total. The largest absolute Gasteiger partial charge is 0.508 e. The van der Waals surface area contributed by atoms with Crippen LogP contribution < -0.4 is 10.6 Å². The van der Waals surface area contributed by atoms with Crippen LogP contribution in [0.2, 0.25) is 18.1 Å². The molecular formula is C39H60N2O6Si. The van der Waals surface area contributed by atoms with Gasteiger partial charge in [-0.15, -0.1) is 0 Å². The van der Waals surface area contributed by atoms with Gasteiger partial charge in [0.1, 0.15) is 11.4 Å². The molecule has 0 radical (unpaired) electrons. The van der Waals surface area contributed by atoms with E-state index in [0.29, 0.717) is 25.2 Å². The monoisotopic (exact) mass is 680 g/mol. The lowest BCUT2D eigenvalue weighted by atomic mass is 9.82. The Morgan fingerprint density at radius 3 is 2.23 bits per heavy atom. The third-order valence-electron chi connectivity index (χ3n) is 10.5. The summed E-state index contributed by atoms with van der Waals surface area (Å²) in [6.45, 7) is 16.6. The van der Waals surface area contributed by atoms with Crippen LogP contribution in [-0.2, 0) is 26.8 Å². The van der Waals surface area contributed by atoms with Crippen LogP contribution in [0.25, 0.3) is 0 Å². The van der Waals surface area contributed by atoms with E-state index in [9.17, 15) is 19.8 Å². The molecule has 0 aliphatic heterocycles. The number of hydrogen-bond acceptors (Lipinski definition) is 6. The maximum atomic E-state index is 14.4. The summed E-state index contributed by atoms with van der Waals surface area (Å²) in [4.78, 5) is 27.8. The molecule has 0 unspecified atom stereocenters. The number of aliphatic hydroxyl groups excluding tert-OH is 1. The first-order valence-corrected chi connectivity index (χ1v) is 20.8. The number of ether oxygens (including phenoxy) is 1. The lowest BCUT2D eigenvalue weighted by molar-refractivity contribution is -0.127. The Morgan fingerprint density at radius 2 is 1.60 bits per heavy atom. The van der Waals surface area contributed by atoms with Crippen LogP contribution in [0.5, 0.6) is 5.75 Å². The molecule has 2 aromatic carbocycles. The van der Waals surface area contributed by atoms with E-state index in [1.165, 1.54) is 19.3 Å². The highest BCUT2D eigenvalue weighted by atomic mass is 28.4. The Kier molecular flexibility index (Phi) is 12.5. The molecular weight excluding hydrogens is 621 g/mol. The smallest absolute Gasteiger partial charge is 0.407 e. The van der Waals surface area contributed by atoms with Gasteiger partial charge in [-0.05, 0) is 92.9 Å². The van der Waals surface area contributed by atoms with Gasteiger partial charge in [0.05, 0.1) is 24.3 Å². The van der Waals surface area contributed by atoms with E-state index < -0.39 is 44.2 Å². The third kappa shape index (κ3) is 10.6. The highest BCUT2D eigenvalue weighted by molar-refractivity contribution is 6.74. The van der Waals surface area contributed by atoms with E-state index >= 15 is 0 Å². The fourth-order valence-corrected chi connectivity index (χ4v) is 8.26. The number of carbonyl (C=O) groups excluding carboxylic acids is 2. The molecule has 2 aromatic rings. The summed E-state index contributed by atoms with van der Waals surface area (Å²) in [7, 11) is -2.39. The molecule has 0 saturated heterocycles. The van der Waals surface area contributed by atoms with Crippen LogP contribution >= 0.6 is 0 Å². The first-order valence-electron chi connectivity index (χ1n) is 17.9. The first-order chi connectivity index (χ1) is 22.4. The lowest BCUT2D eigenvalue weighted by Gasteiger charge is -2.43. The van der Waals surface area contributed by atoms with Crippen LogP contribution in [0.15, 0.2) is 48.5 Å². The second-order valence-corrected chi connectivity index (χ2v) is 21.4. The molecule has 0 bridgehead atoms. The van der Waals surface area contributed by atoms with E-state index in [4.69, 9.17) is 9.16 Å². The quantitative estimate of drug-likeness (QED) is 0.169. The van der Waals surface area contributed by atoms with Crippen LogP contribution in [0.1, 0.15) is 109 Å². The molecule has 1 saturated carbocycles. The van der Waals surface area contributed by atoms with Crippen LogP contribution in [0.3, 0.4) is 0 Å². The molecule has 4 rings (SSSR count). The number of alkyl carbamates (subject to hydrolysis) is 1. The average Bonchev–Trinajstić information content (AvgIpc) is 3.30. The number of phenols is 1. The topological polar surface area (TPSA) is 117 Å². The molecule has 5 atom stereocenters. The van der Waals surface area contributed by atoms with Crippen molar-refractivity contribution in [1.82, 2.24) is 10.6 Å². The maximum absolute atomic E-state index is 14.4. The Bertz CT molecular complexity index is 1360. The van der Waals surface area contributed by atoms with Crippen molar-refractivity contribution in [3.05, 3.63) is 65.2 Å². The Labute approximate surface area is 289 Å². The predicted molar refractivity (Wildman–Crippen MR) is 193 cm³/mol. The number of aliphatic hydroxyl groups is 1. The SMILES string of the molecule is CC(C)(C)OC(=O)N[C@@H](CC1CCCCC1)[C@H](C[C@@H](Cc1ccc(O)cc1)C(=O)N[C@H]1c2ccccc2C[C@H]1O)O[Si](C)(C)C(C)(C)C. The van der Waals surface area contributed by atoms with Crippen molar-refractivity contribution in [2.45, 2.75) is 147 Å². The van der Waals surface area contributed by atoms with Crippen molar-refractivity contribution in [3.63, 3.8) is 0 Å². The van der Waals surface area contributed by atoms with Crippen LogP contribution in [0, 0.1) is 11.8 Å². The van der Waals surface area contributed by atoms with Crippen molar-refractivity contribution in [1.29, 1.82) is 0 Å². The van der Waals surface area contributed by atoms with E-state index in [2.05, 4.69) is 44.5 Å². The van der Waals surface area contributed by atoms with Gasteiger partial charge in [0.15, 0.2) is 8.32 Å². The van der Waals surface area contributed by atoms with E-state index in [-0.39, 0.29) is 22.7 Å². The molecule has 1 fully saturated rings. The van der Waals surface area contributed by atoms with Gasteiger partial charge < -0.3 is 30.0 Å². The predicted octanol–water partition coefficient (Wildman–Crippen LogP) is 7.97. The minimum Gasteiger partial charge on any atom is -0.508 e. The molecule has 0 heterocycles. The highest BCUT2D eigenvalue weighted by Gasteiger charge is 2.43. The van der Waals surface area contributed by atoms with E-state index in [0.717, 1.165) is 36.0 Å². The average molecular weight is 681 g/mol. The second-order valence-electron chi connectivity index (χ2n) is 16.7. The van der Waals surface area contributed by atoms with Crippen molar-refractivity contribution in [2.75, 3.05) is 0 Å². The molecule has 0 spiro atoms. The summed E-state index contributed by atoms with van der Waals surface area (Å²) in [5, 5.41) is 27.4. The summed E-state index contributed by atoms with van der Waals surface area (Å²) in [6.07, 6.45) is 6.18. The standard InChI is InChI=1S/C39H60N2O6Si/c1-38(2,3)46-37(45)40-32(23-26-14-10-9-11-15-26)34(47-48(7,8)39(4,5)6)25-29(22-27-18-20-30(42)21-19-27)36(44)41-35-31-17-13-12-16-28(31)24-33(35)43/h12-13,16-21,26,29,32-35,42-43H,9-11,14-15,22-25H2,1-8H3,(H,40,45)(H,41,44)/t29-,32+,33-,34+,35+/m1/s1. The number of carbonyl (C=O) groups is 2. The van der Waals surface area contributed by atoms with Gasteiger partial charge in [-0.2, -0.15) is 0 Å². The summed E-state index contributed by atoms with van der Waals surface area (Å²) in [5.74, 6) is -0.0858. The van der Waals surface area contributed by atoms with Gasteiger partial charge in [0.25, 0.3) is 0 Å². The lowest BCUT2D eigenvalue weighted by Crippen LogP contribution is -2.54. The highest BCUT2D eigenvalue weighted by Crippen LogP contribution is 2.40. The third-order valence-corrected chi connectivity index (χ3v) is 15.0. The first kappa shape index (κ1) is 37.9. The number of rotatable bonds is 12. The molecule has 0 aromatic heterocycles. The molecule has 4 N–H and O–H groups in total. The maximum Gasteiger partial charge on any atom is 0.407 e. The fraction of sp³-hybridized carbons (Fsp3) is 0.641. The molecule has 2 amide bonds. The number of fused-ring (bicyclic) bond motifs is 1. The molecule has 2 aliphatic carbocycles. The van der Waals surface area contributed by atoms with Gasteiger partial charge >= 0.3 is 6.09 Å². The van der Waals surface area contributed by atoms with Crippen molar-refractivity contribution in [2.24, 2.45) is 11.8 Å². The number of benzene rings is 2. The zero-order valence-electron chi connectivity index (χ0n) is 30.5. The number of aromatic hydroxyl groups is 1. The van der Waals surface area contributed by atoms with E-state index in [1.54, 1.807) is 12.1 Å². The fourth-order valence-electron chi connectivity index (χ4n) is 6.89. The number of nitrogens with one attached hydrogen (secondary N) is 2. The summed E-state index contributed by atoms with van der Waals surface area (Å²) < 4.78 is 13.0. The zero-order chi connectivity index (χ0) is 35.3. The number of phenolic OH excluding ortho intramolecular Hbond substituents is 1. The van der Waals surface area contributed by atoms with Gasteiger partial charge in [0.2, 0.25) is 5.91 Å². The van der Waals surface area contributed by atoms with E-state index in [1.807, 2.05) is 57.2 Å². The Balaban J connectivity index is 1.71. The molecule has 266 valence electrons. The number of amides is 2. The Morgan fingerprint density at radius 1 is 0.958 bits per heavy atom. The van der Waals surface area contributed by atoms with Gasteiger partial charge in [-0.25, -0.2) is 4.79 Å². The minimum atomic E-state index is -2.39. The summed E-state index contributed by atoms with van der Waals surface area (Å²) in [6, 6.07) is 14.0. The van der Waals surface area contributed by atoms with Crippen molar-refractivity contribution < 1.29 is 29.0 Å². The molecule has 9 heteroatoms. The number of hydrogen-bond donors (Lipinski definition) is 4. The van der Waals surface area contributed by atoms with Crippen molar-refractivity contribution >= 4 is 20.3 Å². The van der Waals surface area contributed by atoms with Gasteiger partial charge in [0, 0.05) is 12.3 Å². The minimum absolute atomic E-state index is 0.0983. The summed E-state index contributed by atoms with van der Waals surface area (Å²) in [5.41, 5.74) is 2.24. The van der Waals surface area contributed by atoms with Crippen LogP contribution in [0.4, 0.5) is 4.79 Å². The van der Waals surface area contributed by atoms with Gasteiger partial charge in [-0.3, -0.25) is 4.79 Å². The second kappa shape index (κ2) is 15.8. The van der Waals surface area contributed by atoms with Crippen LogP contribution in [-0.4, -0.2) is 54.4 Å². The normalized spacial score (nSPS) is 20.8. The zero-order valence-corrected chi connectivity index (χ0v) is 31.5. The molecule has 48 heavy (non-hydrogen) atoms. The van der Waals surface area contributed by atoms with Crippen molar-refractivity contribution in [3.8, 4) is 5.75 Å². The van der Waals surface area contributed by atoms with Gasteiger partial charge in [-0.1, -0.05) is 89.3 Å². The Hall–Kier alpha value is -2.88.